The molecule has 1 rings (SSSR count). The topological polar surface area (TPSA) is 49.3 Å². The predicted octanol–water partition coefficient (Wildman–Crippen LogP) is 2.62. The van der Waals surface area contributed by atoms with Crippen LogP contribution in [0.15, 0.2) is 24.3 Å². The standard InChI is InChI=1S/C13H19NO2S/c1-3-12(9-17-2)14-8-10-4-6-11(7-5-10)13(15)16/h4-7,12,14H,3,8-9H2,1-2H3,(H,15,16). The first-order valence-electron chi connectivity index (χ1n) is 5.72. The average Bonchev–Trinajstić information content (AvgIpc) is 2.35. The summed E-state index contributed by atoms with van der Waals surface area (Å²) in [6, 6.07) is 7.54. The molecule has 0 aliphatic rings. The molecule has 0 saturated heterocycles. The van der Waals surface area contributed by atoms with Crippen LogP contribution in [0.3, 0.4) is 0 Å². The van der Waals surface area contributed by atoms with Gasteiger partial charge < -0.3 is 10.4 Å². The minimum Gasteiger partial charge on any atom is -0.478 e. The van der Waals surface area contributed by atoms with Crippen molar-refractivity contribution in [3.05, 3.63) is 35.4 Å². The number of hydrogen-bond acceptors (Lipinski definition) is 3. The van der Waals surface area contributed by atoms with E-state index in [4.69, 9.17) is 5.11 Å². The molecule has 0 fully saturated rings. The molecule has 1 aromatic carbocycles. The maximum atomic E-state index is 10.7. The highest BCUT2D eigenvalue weighted by molar-refractivity contribution is 7.98. The second-order valence-corrected chi connectivity index (χ2v) is 4.85. The molecule has 1 unspecified atom stereocenters. The number of benzene rings is 1. The molecule has 0 radical (unpaired) electrons. The Morgan fingerprint density at radius 3 is 2.53 bits per heavy atom. The van der Waals surface area contributed by atoms with E-state index in [1.54, 1.807) is 12.1 Å². The smallest absolute Gasteiger partial charge is 0.335 e. The van der Waals surface area contributed by atoms with E-state index >= 15 is 0 Å². The van der Waals surface area contributed by atoms with Crippen LogP contribution in [-0.2, 0) is 6.54 Å². The van der Waals surface area contributed by atoms with Crippen molar-refractivity contribution >= 4 is 17.7 Å². The van der Waals surface area contributed by atoms with Gasteiger partial charge in [-0.25, -0.2) is 4.79 Å². The summed E-state index contributed by atoms with van der Waals surface area (Å²) < 4.78 is 0. The van der Waals surface area contributed by atoms with Gasteiger partial charge in [0, 0.05) is 18.3 Å². The van der Waals surface area contributed by atoms with Crippen molar-refractivity contribution < 1.29 is 9.90 Å². The van der Waals surface area contributed by atoms with Crippen LogP contribution in [0.4, 0.5) is 0 Å². The molecule has 2 N–H and O–H groups in total. The molecular weight excluding hydrogens is 234 g/mol. The van der Waals surface area contributed by atoms with Crippen LogP contribution in [0.1, 0.15) is 29.3 Å². The molecule has 1 atom stereocenters. The highest BCUT2D eigenvalue weighted by atomic mass is 32.2. The van der Waals surface area contributed by atoms with Gasteiger partial charge in [0.05, 0.1) is 5.56 Å². The van der Waals surface area contributed by atoms with Crippen LogP contribution in [0, 0.1) is 0 Å². The summed E-state index contributed by atoms with van der Waals surface area (Å²) in [5.41, 5.74) is 1.46. The molecule has 0 amide bonds. The zero-order valence-electron chi connectivity index (χ0n) is 10.3. The minimum atomic E-state index is -0.877. The Bertz CT molecular complexity index is 351. The lowest BCUT2D eigenvalue weighted by atomic mass is 10.1. The van der Waals surface area contributed by atoms with Crippen molar-refractivity contribution in [2.45, 2.75) is 25.9 Å². The number of thioether (sulfide) groups is 1. The fraction of sp³-hybridized carbons (Fsp3) is 0.462. The van der Waals surface area contributed by atoms with Crippen LogP contribution in [0.5, 0.6) is 0 Å². The molecule has 0 bridgehead atoms. The summed E-state index contributed by atoms with van der Waals surface area (Å²) in [5.74, 6) is 0.224. The van der Waals surface area contributed by atoms with Gasteiger partial charge in [0.15, 0.2) is 0 Å². The number of rotatable bonds is 7. The molecule has 0 aromatic heterocycles. The van der Waals surface area contributed by atoms with E-state index in [-0.39, 0.29) is 0 Å². The Balaban J connectivity index is 2.48. The maximum absolute atomic E-state index is 10.7. The van der Waals surface area contributed by atoms with E-state index in [0.717, 1.165) is 24.3 Å². The second-order valence-electron chi connectivity index (χ2n) is 3.94. The number of carbonyl (C=O) groups is 1. The quantitative estimate of drug-likeness (QED) is 0.784. The van der Waals surface area contributed by atoms with Gasteiger partial charge in [-0.05, 0) is 30.4 Å². The summed E-state index contributed by atoms with van der Waals surface area (Å²) in [6.45, 7) is 2.96. The van der Waals surface area contributed by atoms with Crippen LogP contribution in [-0.4, -0.2) is 29.1 Å². The van der Waals surface area contributed by atoms with Crippen LogP contribution in [0.25, 0.3) is 0 Å². The van der Waals surface area contributed by atoms with E-state index < -0.39 is 5.97 Å². The number of carboxylic acids is 1. The van der Waals surface area contributed by atoms with Gasteiger partial charge in [-0.3, -0.25) is 0 Å². The number of hydrogen-bond donors (Lipinski definition) is 2. The van der Waals surface area contributed by atoms with Crippen LogP contribution in [0.2, 0.25) is 0 Å². The minimum absolute atomic E-state index is 0.338. The van der Waals surface area contributed by atoms with E-state index in [1.165, 1.54) is 0 Å². The van der Waals surface area contributed by atoms with Gasteiger partial charge in [-0.15, -0.1) is 0 Å². The third kappa shape index (κ3) is 4.79. The summed E-state index contributed by atoms with van der Waals surface area (Å²) in [5, 5.41) is 12.3. The number of aromatic carboxylic acids is 1. The number of nitrogens with one attached hydrogen (secondary N) is 1. The van der Waals surface area contributed by atoms with Crippen molar-refractivity contribution in [3.63, 3.8) is 0 Å². The molecule has 0 heterocycles. The lowest BCUT2D eigenvalue weighted by Gasteiger charge is -2.15. The Morgan fingerprint density at radius 1 is 1.41 bits per heavy atom. The van der Waals surface area contributed by atoms with Crippen LogP contribution < -0.4 is 5.32 Å². The highest BCUT2D eigenvalue weighted by Gasteiger charge is 2.05. The van der Waals surface area contributed by atoms with Crippen molar-refractivity contribution in [3.8, 4) is 0 Å². The van der Waals surface area contributed by atoms with E-state index in [1.807, 2.05) is 23.9 Å². The SMILES string of the molecule is CCC(CSC)NCc1ccc(C(=O)O)cc1. The molecule has 0 aliphatic heterocycles. The zero-order valence-corrected chi connectivity index (χ0v) is 11.1. The molecule has 94 valence electrons. The normalized spacial score (nSPS) is 12.4. The Labute approximate surface area is 107 Å². The van der Waals surface area contributed by atoms with E-state index in [9.17, 15) is 4.79 Å². The fourth-order valence-corrected chi connectivity index (χ4v) is 2.31. The van der Waals surface area contributed by atoms with Gasteiger partial charge >= 0.3 is 5.97 Å². The van der Waals surface area contributed by atoms with Crippen molar-refractivity contribution in [2.75, 3.05) is 12.0 Å². The van der Waals surface area contributed by atoms with Crippen molar-refractivity contribution in [2.24, 2.45) is 0 Å². The molecule has 0 saturated carbocycles. The first-order valence-corrected chi connectivity index (χ1v) is 7.11. The molecule has 1 aromatic rings. The third-order valence-corrected chi connectivity index (χ3v) is 3.39. The van der Waals surface area contributed by atoms with Crippen LogP contribution >= 0.6 is 11.8 Å². The lowest BCUT2D eigenvalue weighted by molar-refractivity contribution is 0.0697. The fourth-order valence-electron chi connectivity index (χ4n) is 1.55. The average molecular weight is 253 g/mol. The van der Waals surface area contributed by atoms with E-state index in [2.05, 4.69) is 18.5 Å². The molecule has 0 aliphatic carbocycles. The van der Waals surface area contributed by atoms with Gasteiger partial charge in [0.1, 0.15) is 0 Å². The highest BCUT2D eigenvalue weighted by Crippen LogP contribution is 2.06. The third-order valence-electron chi connectivity index (χ3n) is 2.66. The predicted molar refractivity (Wildman–Crippen MR) is 72.7 cm³/mol. The van der Waals surface area contributed by atoms with Gasteiger partial charge in [0.2, 0.25) is 0 Å². The zero-order chi connectivity index (χ0) is 12.7. The first-order chi connectivity index (χ1) is 8.17. The van der Waals surface area contributed by atoms with E-state index in [0.29, 0.717) is 11.6 Å². The molecule has 4 heteroatoms. The van der Waals surface area contributed by atoms with Crippen molar-refractivity contribution in [1.29, 1.82) is 0 Å². The van der Waals surface area contributed by atoms with Crippen molar-refractivity contribution in [1.82, 2.24) is 5.32 Å². The second kappa shape index (κ2) is 7.35. The molecule has 3 nitrogen and oxygen atoms in total. The Morgan fingerprint density at radius 2 is 2.06 bits per heavy atom. The van der Waals surface area contributed by atoms with Gasteiger partial charge in [-0.1, -0.05) is 19.1 Å². The summed E-state index contributed by atoms with van der Waals surface area (Å²) in [6.07, 6.45) is 3.21. The first kappa shape index (κ1) is 14.1. The summed E-state index contributed by atoms with van der Waals surface area (Å²) in [7, 11) is 0. The Kier molecular flexibility index (Phi) is 6.08. The molecule has 17 heavy (non-hydrogen) atoms. The summed E-state index contributed by atoms with van der Waals surface area (Å²) in [4.78, 5) is 10.7. The maximum Gasteiger partial charge on any atom is 0.335 e. The Hall–Kier alpha value is -1.00. The summed E-state index contributed by atoms with van der Waals surface area (Å²) >= 11 is 1.84. The lowest BCUT2D eigenvalue weighted by Crippen LogP contribution is -2.30. The monoisotopic (exact) mass is 253 g/mol. The molecular formula is C13H19NO2S. The van der Waals surface area contributed by atoms with Gasteiger partial charge in [-0.2, -0.15) is 11.8 Å². The van der Waals surface area contributed by atoms with Gasteiger partial charge in [0.25, 0.3) is 0 Å². The largest absolute Gasteiger partial charge is 0.478 e. The number of carboxylic acid groups (broad SMARTS) is 1. The molecule has 0 spiro atoms.